The molecule has 0 bridgehead atoms. The Labute approximate surface area is 149 Å². The van der Waals surface area contributed by atoms with E-state index in [0.717, 1.165) is 11.3 Å². The second kappa shape index (κ2) is 8.18. The predicted molar refractivity (Wildman–Crippen MR) is 101 cm³/mol. The highest BCUT2D eigenvalue weighted by molar-refractivity contribution is 6.31. The van der Waals surface area contributed by atoms with Crippen LogP contribution in [-0.4, -0.2) is 45.5 Å². The van der Waals surface area contributed by atoms with Gasteiger partial charge in [0.1, 0.15) is 0 Å². The summed E-state index contributed by atoms with van der Waals surface area (Å²) in [6, 6.07) is 15.3. The molecule has 2 aromatic carbocycles. The number of likely N-dealkylation sites (N-methyl/N-ethyl adjacent to an activating group) is 1. The molecule has 0 saturated carbocycles. The van der Waals surface area contributed by atoms with Crippen molar-refractivity contribution in [3.8, 4) is 0 Å². The highest BCUT2D eigenvalue weighted by Gasteiger charge is 2.18. The zero-order valence-corrected chi connectivity index (χ0v) is 15.3. The topological polar surface area (TPSA) is 35.6 Å². The van der Waals surface area contributed by atoms with Gasteiger partial charge in [0, 0.05) is 36.9 Å². The fourth-order valence-electron chi connectivity index (χ4n) is 2.52. The second-order valence-corrected chi connectivity index (χ2v) is 6.56. The minimum Gasteiger partial charge on any atom is -0.378 e. The molecule has 0 spiro atoms. The summed E-state index contributed by atoms with van der Waals surface area (Å²) in [4.78, 5) is 16.4. The number of hydrogen-bond acceptors (Lipinski definition) is 3. The van der Waals surface area contributed by atoms with E-state index in [9.17, 15) is 4.79 Å². The summed E-state index contributed by atoms with van der Waals surface area (Å²) in [6.07, 6.45) is 0. The van der Waals surface area contributed by atoms with Crippen LogP contribution in [0.25, 0.3) is 0 Å². The third-order valence-corrected chi connectivity index (χ3v) is 4.33. The first kappa shape index (κ1) is 18.3. The van der Waals surface area contributed by atoms with Gasteiger partial charge in [-0.1, -0.05) is 29.8 Å². The molecule has 1 amide bonds. The summed E-state index contributed by atoms with van der Waals surface area (Å²) >= 11 is 6.30. The molecule has 1 N–H and O–H groups in total. The Balaban J connectivity index is 2.06. The number of nitrogens with zero attached hydrogens (tertiary/aromatic N) is 2. The van der Waals surface area contributed by atoms with Crippen molar-refractivity contribution in [2.75, 3.05) is 39.6 Å². The van der Waals surface area contributed by atoms with E-state index in [1.807, 2.05) is 81.6 Å². The van der Waals surface area contributed by atoms with Crippen LogP contribution in [0.4, 0.5) is 5.69 Å². The number of halogens is 1. The van der Waals surface area contributed by atoms with Gasteiger partial charge in [-0.05, 0) is 50.0 Å². The molecule has 4 nitrogen and oxygen atoms in total. The second-order valence-electron chi connectivity index (χ2n) is 6.15. The van der Waals surface area contributed by atoms with Gasteiger partial charge in [0.05, 0.1) is 6.04 Å². The van der Waals surface area contributed by atoms with E-state index < -0.39 is 0 Å². The normalized spacial score (nSPS) is 12.1. The Morgan fingerprint density at radius 1 is 1.04 bits per heavy atom. The first-order chi connectivity index (χ1) is 11.4. The van der Waals surface area contributed by atoms with E-state index >= 15 is 0 Å². The number of anilines is 1. The van der Waals surface area contributed by atoms with Crippen LogP contribution < -0.4 is 10.2 Å². The van der Waals surface area contributed by atoms with E-state index in [1.54, 1.807) is 0 Å². The van der Waals surface area contributed by atoms with Crippen LogP contribution in [0.5, 0.6) is 0 Å². The van der Waals surface area contributed by atoms with E-state index in [1.165, 1.54) is 0 Å². The van der Waals surface area contributed by atoms with Gasteiger partial charge in [-0.2, -0.15) is 0 Å². The third-order valence-electron chi connectivity index (χ3n) is 3.99. The molecule has 0 fully saturated rings. The molecule has 0 aliphatic rings. The number of benzene rings is 2. The number of rotatable bonds is 6. The van der Waals surface area contributed by atoms with E-state index in [0.29, 0.717) is 17.1 Å². The largest absolute Gasteiger partial charge is 0.378 e. The summed E-state index contributed by atoms with van der Waals surface area (Å²) in [5, 5.41) is 3.71. The molecule has 128 valence electrons. The number of carbonyl (C=O) groups excluding carboxylic acids is 1. The Morgan fingerprint density at radius 2 is 1.67 bits per heavy atom. The van der Waals surface area contributed by atoms with Gasteiger partial charge >= 0.3 is 0 Å². The molecule has 0 aromatic heterocycles. The lowest BCUT2D eigenvalue weighted by Crippen LogP contribution is -2.34. The molecule has 0 aliphatic heterocycles. The van der Waals surface area contributed by atoms with Crippen molar-refractivity contribution in [3.05, 3.63) is 64.7 Å². The summed E-state index contributed by atoms with van der Waals surface area (Å²) in [6.45, 7) is 0.491. The monoisotopic (exact) mass is 345 g/mol. The van der Waals surface area contributed by atoms with Crippen LogP contribution in [0.15, 0.2) is 48.5 Å². The number of amides is 1. The molecule has 0 saturated heterocycles. The first-order valence-electron chi connectivity index (χ1n) is 7.86. The average molecular weight is 346 g/mol. The van der Waals surface area contributed by atoms with Gasteiger partial charge in [-0.3, -0.25) is 4.79 Å². The van der Waals surface area contributed by atoms with Crippen molar-refractivity contribution >= 4 is 23.2 Å². The minimum absolute atomic E-state index is 0.0173. The van der Waals surface area contributed by atoms with Gasteiger partial charge in [0.25, 0.3) is 5.91 Å². The zero-order chi connectivity index (χ0) is 17.7. The van der Waals surface area contributed by atoms with Crippen LogP contribution in [-0.2, 0) is 0 Å². The van der Waals surface area contributed by atoms with Gasteiger partial charge in [-0.25, -0.2) is 0 Å². The lowest BCUT2D eigenvalue weighted by atomic mass is 10.1. The van der Waals surface area contributed by atoms with E-state index in [-0.39, 0.29) is 11.9 Å². The fourth-order valence-corrected chi connectivity index (χ4v) is 2.78. The Hall–Kier alpha value is -2.04. The maximum Gasteiger partial charge on any atom is 0.251 e. The van der Waals surface area contributed by atoms with Crippen molar-refractivity contribution in [1.29, 1.82) is 0 Å². The summed E-state index contributed by atoms with van der Waals surface area (Å²) in [7, 11) is 7.90. The molecule has 0 aliphatic carbocycles. The smallest absolute Gasteiger partial charge is 0.251 e. The van der Waals surface area contributed by atoms with Gasteiger partial charge in [0.2, 0.25) is 0 Å². The summed E-state index contributed by atoms with van der Waals surface area (Å²) in [5.74, 6) is -0.0841. The van der Waals surface area contributed by atoms with Crippen LogP contribution in [0.2, 0.25) is 5.02 Å². The number of hydrogen-bond donors (Lipinski definition) is 1. The Morgan fingerprint density at radius 3 is 2.21 bits per heavy atom. The van der Waals surface area contributed by atoms with Crippen LogP contribution in [0.1, 0.15) is 22.0 Å². The number of nitrogens with one attached hydrogen (secondary N) is 1. The van der Waals surface area contributed by atoms with Crippen molar-refractivity contribution in [2.45, 2.75) is 6.04 Å². The Bertz CT molecular complexity index is 683. The SMILES string of the molecule is CN(C)c1ccc(C(=O)NCC(c2ccccc2Cl)N(C)C)cc1. The minimum atomic E-state index is -0.0841. The van der Waals surface area contributed by atoms with Gasteiger partial charge in [0.15, 0.2) is 0 Å². The highest BCUT2D eigenvalue weighted by atomic mass is 35.5. The standard InChI is InChI=1S/C19H24ClN3O/c1-22(2)15-11-9-14(10-12-15)19(24)21-13-18(23(3)4)16-7-5-6-8-17(16)20/h5-12,18H,13H2,1-4H3,(H,21,24). The van der Waals surface area contributed by atoms with Gasteiger partial charge < -0.3 is 15.1 Å². The molecular weight excluding hydrogens is 322 g/mol. The van der Waals surface area contributed by atoms with Crippen molar-refractivity contribution in [2.24, 2.45) is 0 Å². The predicted octanol–water partition coefficient (Wildman–Crippen LogP) is 3.44. The molecule has 2 aromatic rings. The third kappa shape index (κ3) is 4.49. The maximum atomic E-state index is 12.4. The lowest BCUT2D eigenvalue weighted by molar-refractivity contribution is 0.0942. The molecule has 1 unspecified atom stereocenters. The lowest BCUT2D eigenvalue weighted by Gasteiger charge is -2.26. The van der Waals surface area contributed by atoms with E-state index in [2.05, 4.69) is 10.2 Å². The molecule has 2 rings (SSSR count). The molecule has 0 heterocycles. The zero-order valence-electron chi connectivity index (χ0n) is 14.6. The van der Waals surface area contributed by atoms with Crippen LogP contribution in [0.3, 0.4) is 0 Å². The van der Waals surface area contributed by atoms with Crippen LogP contribution in [0, 0.1) is 0 Å². The Kier molecular flexibility index (Phi) is 6.23. The van der Waals surface area contributed by atoms with Crippen LogP contribution >= 0.6 is 11.6 Å². The van der Waals surface area contributed by atoms with Crippen molar-refractivity contribution in [3.63, 3.8) is 0 Å². The van der Waals surface area contributed by atoms with E-state index in [4.69, 9.17) is 11.6 Å². The summed E-state index contributed by atoms with van der Waals surface area (Å²) < 4.78 is 0. The molecular formula is C19H24ClN3O. The molecule has 0 radical (unpaired) electrons. The average Bonchev–Trinajstić information content (AvgIpc) is 2.56. The highest BCUT2D eigenvalue weighted by Crippen LogP contribution is 2.25. The first-order valence-corrected chi connectivity index (χ1v) is 8.24. The molecule has 1 atom stereocenters. The quantitative estimate of drug-likeness (QED) is 0.871. The maximum absolute atomic E-state index is 12.4. The molecule has 24 heavy (non-hydrogen) atoms. The van der Waals surface area contributed by atoms with Crippen molar-refractivity contribution in [1.82, 2.24) is 10.2 Å². The summed E-state index contributed by atoms with van der Waals surface area (Å²) in [5.41, 5.74) is 2.72. The fraction of sp³-hybridized carbons (Fsp3) is 0.316. The number of carbonyl (C=O) groups is 1. The van der Waals surface area contributed by atoms with Gasteiger partial charge in [-0.15, -0.1) is 0 Å². The van der Waals surface area contributed by atoms with Crippen molar-refractivity contribution < 1.29 is 4.79 Å². The molecule has 5 heteroatoms.